The van der Waals surface area contributed by atoms with Crippen LogP contribution in [0, 0.1) is 6.92 Å². The minimum atomic E-state index is 0.207. The molecular weight excluding hydrogens is 164 g/mol. The molecule has 0 spiro atoms. The van der Waals surface area contributed by atoms with Gasteiger partial charge in [0.15, 0.2) is 5.75 Å². The Balaban J connectivity index is 2.48. The normalized spacial score (nSPS) is 10.2. The first-order valence-corrected chi connectivity index (χ1v) is 4.12. The molecule has 2 heteroatoms. The van der Waals surface area contributed by atoms with Gasteiger partial charge in [-0.1, -0.05) is 30.3 Å². The zero-order chi connectivity index (χ0) is 9.26. The molecule has 66 valence electrons. The number of furan rings is 1. The average Bonchev–Trinajstić information content (AvgIpc) is 2.49. The van der Waals surface area contributed by atoms with Gasteiger partial charge >= 0.3 is 0 Å². The molecule has 0 aliphatic rings. The van der Waals surface area contributed by atoms with E-state index in [2.05, 4.69) is 0 Å². The van der Waals surface area contributed by atoms with Crippen molar-refractivity contribution in [3.63, 3.8) is 0 Å². The second kappa shape index (κ2) is 2.98. The van der Waals surface area contributed by atoms with Crippen molar-refractivity contribution in [1.29, 1.82) is 0 Å². The van der Waals surface area contributed by atoms with E-state index >= 15 is 0 Å². The van der Waals surface area contributed by atoms with Crippen LogP contribution in [0.3, 0.4) is 0 Å². The van der Waals surface area contributed by atoms with Crippen molar-refractivity contribution < 1.29 is 9.52 Å². The molecule has 1 heterocycles. The van der Waals surface area contributed by atoms with Gasteiger partial charge < -0.3 is 9.52 Å². The molecule has 0 saturated carbocycles. The van der Waals surface area contributed by atoms with Crippen molar-refractivity contribution in [3.05, 3.63) is 42.2 Å². The Morgan fingerprint density at radius 2 is 1.85 bits per heavy atom. The number of rotatable bonds is 1. The van der Waals surface area contributed by atoms with Crippen LogP contribution in [0.1, 0.15) is 5.76 Å². The topological polar surface area (TPSA) is 33.4 Å². The maximum absolute atomic E-state index is 9.31. The van der Waals surface area contributed by atoms with Crippen LogP contribution in [0.25, 0.3) is 11.3 Å². The Kier molecular flexibility index (Phi) is 1.81. The van der Waals surface area contributed by atoms with Crippen LogP contribution >= 0.6 is 0 Å². The van der Waals surface area contributed by atoms with E-state index in [1.54, 1.807) is 13.0 Å². The average molecular weight is 174 g/mol. The Morgan fingerprint density at radius 1 is 1.15 bits per heavy atom. The Morgan fingerprint density at radius 3 is 2.38 bits per heavy atom. The number of aromatic hydroxyl groups is 1. The number of hydrogen-bond donors (Lipinski definition) is 1. The maximum atomic E-state index is 9.31. The second-order valence-electron chi connectivity index (χ2n) is 2.92. The molecule has 0 bridgehead atoms. The van der Waals surface area contributed by atoms with Crippen molar-refractivity contribution >= 4 is 0 Å². The molecular formula is C11H10O2. The highest BCUT2D eigenvalue weighted by atomic mass is 16.4. The zero-order valence-corrected chi connectivity index (χ0v) is 7.32. The van der Waals surface area contributed by atoms with Crippen LogP contribution in [-0.2, 0) is 0 Å². The third-order valence-electron chi connectivity index (χ3n) is 1.95. The summed E-state index contributed by atoms with van der Waals surface area (Å²) >= 11 is 0. The van der Waals surface area contributed by atoms with Gasteiger partial charge in [-0.15, -0.1) is 0 Å². The van der Waals surface area contributed by atoms with Gasteiger partial charge in [0.05, 0.1) is 0 Å². The highest BCUT2D eigenvalue weighted by molar-refractivity contribution is 5.59. The van der Waals surface area contributed by atoms with Crippen LogP contribution in [0.4, 0.5) is 0 Å². The summed E-state index contributed by atoms with van der Waals surface area (Å²) in [6.45, 7) is 1.74. The molecule has 0 amide bonds. The molecule has 2 aromatic rings. The first kappa shape index (κ1) is 7.92. The fourth-order valence-corrected chi connectivity index (χ4v) is 1.22. The molecule has 0 aliphatic carbocycles. The van der Waals surface area contributed by atoms with E-state index in [1.807, 2.05) is 30.3 Å². The van der Waals surface area contributed by atoms with Crippen molar-refractivity contribution in [2.45, 2.75) is 6.92 Å². The molecule has 0 atom stereocenters. The second-order valence-corrected chi connectivity index (χ2v) is 2.92. The van der Waals surface area contributed by atoms with Crippen LogP contribution in [0.15, 0.2) is 40.8 Å². The van der Waals surface area contributed by atoms with E-state index in [0.29, 0.717) is 11.5 Å². The van der Waals surface area contributed by atoms with Gasteiger partial charge in [0, 0.05) is 11.6 Å². The van der Waals surface area contributed by atoms with E-state index in [0.717, 1.165) is 5.56 Å². The van der Waals surface area contributed by atoms with Gasteiger partial charge in [-0.2, -0.15) is 0 Å². The predicted octanol–water partition coefficient (Wildman–Crippen LogP) is 2.96. The van der Waals surface area contributed by atoms with Crippen molar-refractivity contribution in [1.82, 2.24) is 0 Å². The molecule has 0 fully saturated rings. The first-order chi connectivity index (χ1) is 6.27. The van der Waals surface area contributed by atoms with Gasteiger partial charge in [-0.3, -0.25) is 0 Å². The van der Waals surface area contributed by atoms with Gasteiger partial charge in [0.25, 0.3) is 0 Å². The lowest BCUT2D eigenvalue weighted by Gasteiger charge is -1.93. The summed E-state index contributed by atoms with van der Waals surface area (Å²) in [5.41, 5.74) is 0.978. The van der Waals surface area contributed by atoms with Crippen molar-refractivity contribution in [2.24, 2.45) is 0 Å². The lowest BCUT2D eigenvalue weighted by molar-refractivity contribution is 0.445. The molecule has 1 N–H and O–H groups in total. The SMILES string of the molecule is Cc1oc(-c2ccccc2)cc1O. The van der Waals surface area contributed by atoms with E-state index in [9.17, 15) is 5.11 Å². The minimum absolute atomic E-state index is 0.207. The molecule has 1 aromatic heterocycles. The summed E-state index contributed by atoms with van der Waals surface area (Å²) in [5, 5.41) is 9.31. The molecule has 1 aromatic carbocycles. The zero-order valence-electron chi connectivity index (χ0n) is 7.32. The summed E-state index contributed by atoms with van der Waals surface area (Å²) in [5.74, 6) is 1.47. The number of benzene rings is 1. The van der Waals surface area contributed by atoms with Gasteiger partial charge in [0.2, 0.25) is 0 Å². The van der Waals surface area contributed by atoms with Crippen LogP contribution < -0.4 is 0 Å². The summed E-state index contributed by atoms with van der Waals surface area (Å²) < 4.78 is 5.35. The van der Waals surface area contributed by atoms with Crippen molar-refractivity contribution in [3.8, 4) is 17.1 Å². The largest absolute Gasteiger partial charge is 0.504 e. The smallest absolute Gasteiger partial charge is 0.157 e. The van der Waals surface area contributed by atoms with Crippen LogP contribution in [0.2, 0.25) is 0 Å². The highest BCUT2D eigenvalue weighted by Crippen LogP contribution is 2.28. The molecule has 0 saturated heterocycles. The van der Waals surface area contributed by atoms with E-state index in [4.69, 9.17) is 4.42 Å². The first-order valence-electron chi connectivity index (χ1n) is 4.12. The highest BCUT2D eigenvalue weighted by Gasteiger charge is 2.06. The minimum Gasteiger partial charge on any atom is -0.504 e. The van der Waals surface area contributed by atoms with Gasteiger partial charge in [0.1, 0.15) is 11.5 Å². The van der Waals surface area contributed by atoms with Gasteiger partial charge in [-0.05, 0) is 6.92 Å². The third kappa shape index (κ3) is 1.43. The Labute approximate surface area is 76.4 Å². The summed E-state index contributed by atoms with van der Waals surface area (Å²) in [6.07, 6.45) is 0. The summed E-state index contributed by atoms with van der Waals surface area (Å²) in [4.78, 5) is 0. The molecule has 0 radical (unpaired) electrons. The molecule has 2 rings (SSSR count). The lowest BCUT2D eigenvalue weighted by Crippen LogP contribution is -1.69. The fraction of sp³-hybridized carbons (Fsp3) is 0.0909. The molecule has 2 nitrogen and oxygen atoms in total. The van der Waals surface area contributed by atoms with E-state index < -0.39 is 0 Å². The maximum Gasteiger partial charge on any atom is 0.157 e. The standard InChI is InChI=1S/C11H10O2/c1-8-10(12)7-11(13-8)9-5-3-2-4-6-9/h2-7,12H,1H3. The Hall–Kier alpha value is -1.70. The predicted molar refractivity (Wildman–Crippen MR) is 50.5 cm³/mol. The summed E-state index contributed by atoms with van der Waals surface area (Å²) in [7, 11) is 0. The fourth-order valence-electron chi connectivity index (χ4n) is 1.22. The quantitative estimate of drug-likeness (QED) is 0.721. The van der Waals surface area contributed by atoms with E-state index in [-0.39, 0.29) is 5.75 Å². The molecule has 13 heavy (non-hydrogen) atoms. The van der Waals surface area contributed by atoms with Crippen molar-refractivity contribution in [2.75, 3.05) is 0 Å². The Bertz CT molecular complexity index is 382. The monoisotopic (exact) mass is 174 g/mol. The van der Waals surface area contributed by atoms with Crippen LogP contribution in [-0.4, -0.2) is 5.11 Å². The number of aryl methyl sites for hydroxylation is 1. The molecule has 0 aliphatic heterocycles. The molecule has 0 unspecified atom stereocenters. The van der Waals surface area contributed by atoms with E-state index in [1.165, 1.54) is 0 Å². The van der Waals surface area contributed by atoms with Crippen LogP contribution in [0.5, 0.6) is 5.75 Å². The third-order valence-corrected chi connectivity index (χ3v) is 1.95. The van der Waals surface area contributed by atoms with Gasteiger partial charge in [-0.25, -0.2) is 0 Å². The lowest BCUT2D eigenvalue weighted by atomic mass is 10.2. The summed E-state index contributed by atoms with van der Waals surface area (Å²) in [6, 6.07) is 11.3. The number of hydrogen-bond acceptors (Lipinski definition) is 2.